The molecule has 1 aromatic carbocycles. The Kier molecular flexibility index (Phi) is 3.21. The van der Waals surface area contributed by atoms with Gasteiger partial charge in [-0.25, -0.2) is 4.98 Å². The second-order valence-electron chi connectivity index (χ2n) is 6.59. The molecule has 0 saturated carbocycles. The Morgan fingerprint density at radius 2 is 2.21 bits per heavy atom. The third kappa shape index (κ3) is 2.25. The van der Waals surface area contributed by atoms with Gasteiger partial charge in [-0.15, -0.1) is 11.3 Å². The normalized spacial score (nSPS) is 18.6. The maximum Gasteiger partial charge on any atom is 0.254 e. The molecular weight excluding hydrogens is 320 g/mol. The van der Waals surface area contributed by atoms with E-state index in [2.05, 4.69) is 26.3 Å². The lowest BCUT2D eigenvalue weighted by atomic mass is 10.0. The number of imidazole rings is 1. The number of nitrogens with zero attached hydrogens (tertiary/aromatic N) is 3. The summed E-state index contributed by atoms with van der Waals surface area (Å²) in [5.41, 5.74) is 4.02. The van der Waals surface area contributed by atoms with Crippen molar-refractivity contribution >= 4 is 28.3 Å². The van der Waals surface area contributed by atoms with Crippen molar-refractivity contribution in [3.63, 3.8) is 0 Å². The van der Waals surface area contributed by atoms with Crippen LogP contribution in [0.25, 0.3) is 11.0 Å². The lowest BCUT2D eigenvalue weighted by Crippen LogP contribution is -2.61. The summed E-state index contributed by atoms with van der Waals surface area (Å²) in [4.78, 5) is 25.9. The van der Waals surface area contributed by atoms with Gasteiger partial charge in [-0.1, -0.05) is 0 Å². The lowest BCUT2D eigenvalue weighted by Gasteiger charge is -2.46. The molecule has 2 aliphatic rings. The minimum atomic E-state index is 0.121. The molecular formula is C18H18N4OS. The number of rotatable bonds is 2. The Hall–Kier alpha value is -2.18. The van der Waals surface area contributed by atoms with E-state index >= 15 is 0 Å². The first-order valence-corrected chi connectivity index (χ1v) is 9.17. The minimum Gasteiger partial charge on any atom is -0.345 e. The van der Waals surface area contributed by atoms with Gasteiger partial charge in [-0.05, 0) is 41.6 Å². The van der Waals surface area contributed by atoms with Gasteiger partial charge in [0.25, 0.3) is 5.91 Å². The zero-order valence-corrected chi connectivity index (χ0v) is 14.1. The zero-order chi connectivity index (χ0) is 16.1. The van der Waals surface area contributed by atoms with Crippen molar-refractivity contribution in [2.75, 3.05) is 19.6 Å². The van der Waals surface area contributed by atoms with E-state index in [0.29, 0.717) is 6.04 Å². The number of benzene rings is 1. The van der Waals surface area contributed by atoms with Crippen LogP contribution in [0.4, 0.5) is 0 Å². The number of carbonyl (C=O) groups excluding carboxylic acids is 1. The average molecular weight is 338 g/mol. The number of thiophene rings is 1. The molecule has 5 rings (SSSR count). The zero-order valence-electron chi connectivity index (χ0n) is 13.2. The molecule has 24 heavy (non-hydrogen) atoms. The second kappa shape index (κ2) is 5.43. The topological polar surface area (TPSA) is 52.2 Å². The van der Waals surface area contributed by atoms with Crippen LogP contribution in [-0.2, 0) is 13.0 Å². The van der Waals surface area contributed by atoms with Gasteiger partial charge in [0.15, 0.2) is 0 Å². The summed E-state index contributed by atoms with van der Waals surface area (Å²) < 4.78 is 0. The molecule has 0 radical (unpaired) electrons. The van der Waals surface area contributed by atoms with Crippen LogP contribution in [0.1, 0.15) is 20.8 Å². The molecule has 1 fully saturated rings. The number of aromatic amines is 1. The standard InChI is InChI=1S/C18H18N4OS/c23-18(12-1-2-15-16(7-12)20-11-19-15)22-9-14(10-22)21-5-3-17-13(8-21)4-6-24-17/h1-2,4,6-7,11,14H,3,5,8-10H2,(H,19,20). The van der Waals surface area contributed by atoms with E-state index in [9.17, 15) is 4.79 Å². The van der Waals surface area contributed by atoms with E-state index in [-0.39, 0.29) is 5.91 Å². The molecule has 5 nitrogen and oxygen atoms in total. The largest absolute Gasteiger partial charge is 0.345 e. The van der Waals surface area contributed by atoms with Gasteiger partial charge in [-0.2, -0.15) is 0 Å². The van der Waals surface area contributed by atoms with Crippen molar-refractivity contribution in [2.24, 2.45) is 0 Å². The van der Waals surface area contributed by atoms with Gasteiger partial charge in [0, 0.05) is 42.7 Å². The smallest absolute Gasteiger partial charge is 0.254 e. The number of H-pyrrole nitrogens is 1. The Balaban J connectivity index is 1.25. The van der Waals surface area contributed by atoms with Crippen LogP contribution in [-0.4, -0.2) is 51.4 Å². The number of aromatic nitrogens is 2. The molecule has 1 amide bonds. The first kappa shape index (κ1) is 14.2. The fourth-order valence-electron chi connectivity index (χ4n) is 3.69. The Labute approximate surface area is 143 Å². The molecule has 0 unspecified atom stereocenters. The SMILES string of the molecule is O=C(c1ccc2nc[nH]c2c1)N1CC(N2CCc3sccc3C2)C1. The molecule has 2 aromatic heterocycles. The molecule has 0 spiro atoms. The first-order chi connectivity index (χ1) is 11.8. The molecule has 6 heteroatoms. The molecule has 1 N–H and O–H groups in total. The predicted molar refractivity (Wildman–Crippen MR) is 94.2 cm³/mol. The first-order valence-electron chi connectivity index (χ1n) is 8.29. The van der Waals surface area contributed by atoms with Crippen molar-refractivity contribution < 1.29 is 4.79 Å². The number of likely N-dealkylation sites (tertiary alicyclic amines) is 1. The highest BCUT2D eigenvalue weighted by atomic mass is 32.1. The third-order valence-electron chi connectivity index (χ3n) is 5.17. The molecule has 1 saturated heterocycles. The summed E-state index contributed by atoms with van der Waals surface area (Å²) in [5, 5.41) is 2.19. The molecule has 4 heterocycles. The van der Waals surface area contributed by atoms with Gasteiger partial charge in [0.05, 0.1) is 17.4 Å². The van der Waals surface area contributed by atoms with Crippen LogP contribution in [0.3, 0.4) is 0 Å². The minimum absolute atomic E-state index is 0.121. The number of nitrogens with one attached hydrogen (secondary N) is 1. The van der Waals surface area contributed by atoms with Gasteiger partial charge < -0.3 is 9.88 Å². The number of hydrogen-bond acceptors (Lipinski definition) is 4. The van der Waals surface area contributed by atoms with Crippen LogP contribution in [0.15, 0.2) is 36.0 Å². The van der Waals surface area contributed by atoms with Gasteiger partial charge >= 0.3 is 0 Å². The van der Waals surface area contributed by atoms with Crippen molar-refractivity contribution in [2.45, 2.75) is 19.0 Å². The molecule has 3 aromatic rings. The summed E-state index contributed by atoms with van der Waals surface area (Å²) in [5.74, 6) is 0.121. The molecule has 0 aliphatic carbocycles. The molecule has 0 bridgehead atoms. The quantitative estimate of drug-likeness (QED) is 0.781. The lowest BCUT2D eigenvalue weighted by molar-refractivity contribution is 0.0221. The van der Waals surface area contributed by atoms with Crippen LogP contribution in [0.5, 0.6) is 0 Å². The molecule has 122 valence electrons. The van der Waals surface area contributed by atoms with Gasteiger partial charge in [0.2, 0.25) is 0 Å². The summed E-state index contributed by atoms with van der Waals surface area (Å²) in [6.07, 6.45) is 2.81. The van der Waals surface area contributed by atoms with E-state index in [1.165, 1.54) is 10.4 Å². The highest BCUT2D eigenvalue weighted by molar-refractivity contribution is 7.10. The fraction of sp³-hybridized carbons (Fsp3) is 0.333. The third-order valence-corrected chi connectivity index (χ3v) is 6.19. The van der Waals surface area contributed by atoms with Crippen LogP contribution in [0, 0.1) is 0 Å². The van der Waals surface area contributed by atoms with Gasteiger partial charge in [0.1, 0.15) is 0 Å². The summed E-state index contributed by atoms with van der Waals surface area (Å²) in [6, 6.07) is 8.42. The van der Waals surface area contributed by atoms with Crippen molar-refractivity contribution in [1.29, 1.82) is 0 Å². The predicted octanol–water partition coefficient (Wildman–Crippen LogP) is 2.51. The fourth-order valence-corrected chi connectivity index (χ4v) is 4.57. The summed E-state index contributed by atoms with van der Waals surface area (Å²) >= 11 is 1.87. The summed E-state index contributed by atoms with van der Waals surface area (Å²) in [6.45, 7) is 3.81. The van der Waals surface area contributed by atoms with E-state index in [0.717, 1.165) is 49.2 Å². The number of fused-ring (bicyclic) bond motifs is 2. The van der Waals surface area contributed by atoms with Gasteiger partial charge in [-0.3, -0.25) is 9.69 Å². The Morgan fingerprint density at radius 1 is 1.29 bits per heavy atom. The maximum atomic E-state index is 12.7. The van der Waals surface area contributed by atoms with Crippen LogP contribution >= 0.6 is 11.3 Å². The van der Waals surface area contributed by atoms with E-state index in [4.69, 9.17) is 0 Å². The number of amides is 1. The van der Waals surface area contributed by atoms with Crippen molar-refractivity contribution in [3.05, 3.63) is 52.0 Å². The average Bonchev–Trinajstić information content (AvgIpc) is 3.21. The van der Waals surface area contributed by atoms with Crippen molar-refractivity contribution in [3.8, 4) is 0 Å². The van der Waals surface area contributed by atoms with E-state index in [1.54, 1.807) is 6.33 Å². The van der Waals surface area contributed by atoms with E-state index < -0.39 is 0 Å². The Bertz CT molecular complexity index is 909. The molecule has 2 aliphatic heterocycles. The number of hydrogen-bond donors (Lipinski definition) is 1. The highest BCUT2D eigenvalue weighted by Gasteiger charge is 2.36. The second-order valence-corrected chi connectivity index (χ2v) is 7.59. The monoisotopic (exact) mass is 338 g/mol. The Morgan fingerprint density at radius 3 is 3.12 bits per heavy atom. The van der Waals surface area contributed by atoms with Crippen molar-refractivity contribution in [1.82, 2.24) is 19.8 Å². The number of carbonyl (C=O) groups is 1. The summed E-state index contributed by atoms with van der Waals surface area (Å²) in [7, 11) is 0. The van der Waals surface area contributed by atoms with Crippen LogP contribution in [0.2, 0.25) is 0 Å². The van der Waals surface area contributed by atoms with Crippen LogP contribution < -0.4 is 0 Å². The van der Waals surface area contributed by atoms with E-state index in [1.807, 2.05) is 34.4 Å². The highest BCUT2D eigenvalue weighted by Crippen LogP contribution is 2.28. The molecule has 0 atom stereocenters. The maximum absolute atomic E-state index is 12.7.